The summed E-state index contributed by atoms with van der Waals surface area (Å²) in [6.45, 7) is 2.61. The predicted molar refractivity (Wildman–Crippen MR) is 68.9 cm³/mol. The van der Waals surface area contributed by atoms with Gasteiger partial charge < -0.3 is 15.4 Å². The molecule has 2 N–H and O–H groups in total. The Hall–Kier alpha value is -1.85. The summed E-state index contributed by atoms with van der Waals surface area (Å²) in [6.07, 6.45) is 4.87. The van der Waals surface area contributed by atoms with Gasteiger partial charge in [0, 0.05) is 25.1 Å². The van der Waals surface area contributed by atoms with Crippen molar-refractivity contribution in [2.45, 2.75) is 26.2 Å². The quantitative estimate of drug-likeness (QED) is 0.570. The lowest BCUT2D eigenvalue weighted by atomic mass is 9.96. The van der Waals surface area contributed by atoms with Crippen molar-refractivity contribution in [2.24, 2.45) is 11.7 Å². The molecule has 6 nitrogen and oxygen atoms in total. The van der Waals surface area contributed by atoms with Crippen LogP contribution in [0, 0.1) is 5.92 Å². The summed E-state index contributed by atoms with van der Waals surface area (Å²) in [7, 11) is 0. The first kappa shape index (κ1) is 15.2. The average molecular weight is 268 g/mol. The zero-order valence-electron chi connectivity index (χ0n) is 11.1. The lowest BCUT2D eigenvalue weighted by Crippen LogP contribution is -2.43. The third kappa shape index (κ3) is 5.11. The second-order valence-corrected chi connectivity index (χ2v) is 4.48. The maximum atomic E-state index is 11.8. The molecule has 0 spiro atoms. The van der Waals surface area contributed by atoms with Crippen LogP contribution < -0.4 is 5.73 Å². The Labute approximate surface area is 112 Å². The maximum Gasteiger partial charge on any atom is 0.330 e. The summed E-state index contributed by atoms with van der Waals surface area (Å²) in [4.78, 5) is 35.5. The summed E-state index contributed by atoms with van der Waals surface area (Å²) < 4.78 is 4.82. The van der Waals surface area contributed by atoms with Crippen LogP contribution in [0.1, 0.15) is 26.2 Å². The van der Waals surface area contributed by atoms with Crippen LogP contribution in [0.25, 0.3) is 0 Å². The molecule has 1 aliphatic rings. The number of nitrogens with zero attached hydrogens (tertiary/aromatic N) is 1. The first-order chi connectivity index (χ1) is 9.04. The fourth-order valence-corrected chi connectivity index (χ4v) is 1.90. The molecule has 0 unspecified atom stereocenters. The summed E-state index contributed by atoms with van der Waals surface area (Å²) in [5.41, 5.74) is 5.21. The Morgan fingerprint density at radius 3 is 2.47 bits per heavy atom. The zero-order chi connectivity index (χ0) is 14.3. The number of allylic oxidation sites excluding steroid dienone is 1. The molecule has 1 fully saturated rings. The number of hydrogen-bond donors (Lipinski definition) is 1. The van der Waals surface area contributed by atoms with Gasteiger partial charge in [-0.2, -0.15) is 0 Å². The summed E-state index contributed by atoms with van der Waals surface area (Å²) in [5, 5.41) is 0. The molecule has 0 saturated carbocycles. The number of carbonyl (C=O) groups excluding carboxylic acids is 3. The number of primary amides is 1. The Morgan fingerprint density at radius 2 is 1.95 bits per heavy atom. The van der Waals surface area contributed by atoms with Gasteiger partial charge in [0.25, 0.3) is 5.91 Å². The molecule has 0 atom stereocenters. The van der Waals surface area contributed by atoms with E-state index >= 15 is 0 Å². The van der Waals surface area contributed by atoms with Gasteiger partial charge in [0.1, 0.15) is 0 Å². The maximum absolute atomic E-state index is 11.8. The van der Waals surface area contributed by atoms with Crippen molar-refractivity contribution in [2.75, 3.05) is 19.7 Å². The first-order valence-electron chi connectivity index (χ1n) is 6.45. The van der Waals surface area contributed by atoms with E-state index in [0.717, 1.165) is 6.42 Å². The second kappa shape index (κ2) is 7.56. The number of ether oxygens (including phenoxy) is 1. The van der Waals surface area contributed by atoms with Crippen molar-refractivity contribution >= 4 is 17.8 Å². The average Bonchev–Trinajstić information content (AvgIpc) is 2.42. The van der Waals surface area contributed by atoms with Crippen molar-refractivity contribution in [3.8, 4) is 0 Å². The Bertz CT molecular complexity index is 371. The standard InChI is InChI=1S/C13H20N2O4/c1-2-3-4-12(17)19-9-11(16)15-7-5-10(6-8-15)13(14)18/h3-4,10H,2,5-9H2,1H3,(H2,14,18)/b4-3+. The van der Waals surface area contributed by atoms with Gasteiger partial charge in [-0.25, -0.2) is 4.79 Å². The van der Waals surface area contributed by atoms with Crippen molar-refractivity contribution < 1.29 is 19.1 Å². The van der Waals surface area contributed by atoms with Gasteiger partial charge in [0.05, 0.1) is 0 Å². The molecule has 0 aromatic rings. The van der Waals surface area contributed by atoms with E-state index in [0.29, 0.717) is 25.9 Å². The number of piperidine rings is 1. The van der Waals surface area contributed by atoms with Gasteiger partial charge in [-0.15, -0.1) is 0 Å². The molecule has 1 aliphatic heterocycles. The molecule has 0 aromatic carbocycles. The molecule has 0 aliphatic carbocycles. The molecule has 6 heteroatoms. The molecule has 1 rings (SSSR count). The van der Waals surface area contributed by atoms with E-state index in [1.807, 2.05) is 6.92 Å². The second-order valence-electron chi connectivity index (χ2n) is 4.48. The molecule has 2 amide bonds. The normalized spacial score (nSPS) is 16.6. The number of likely N-dealkylation sites (tertiary alicyclic amines) is 1. The van der Waals surface area contributed by atoms with E-state index < -0.39 is 5.97 Å². The molecule has 0 radical (unpaired) electrons. The van der Waals surface area contributed by atoms with Gasteiger partial charge in [-0.1, -0.05) is 13.0 Å². The highest BCUT2D eigenvalue weighted by atomic mass is 16.5. The van der Waals surface area contributed by atoms with Crippen LogP contribution in [0.2, 0.25) is 0 Å². The molecule has 19 heavy (non-hydrogen) atoms. The largest absolute Gasteiger partial charge is 0.452 e. The Morgan fingerprint density at radius 1 is 1.32 bits per heavy atom. The van der Waals surface area contributed by atoms with Crippen molar-refractivity contribution in [1.29, 1.82) is 0 Å². The zero-order valence-corrected chi connectivity index (χ0v) is 11.1. The fraction of sp³-hybridized carbons (Fsp3) is 0.615. The van der Waals surface area contributed by atoms with E-state index in [9.17, 15) is 14.4 Å². The van der Waals surface area contributed by atoms with Crippen LogP contribution in [0.15, 0.2) is 12.2 Å². The van der Waals surface area contributed by atoms with Gasteiger partial charge >= 0.3 is 5.97 Å². The number of esters is 1. The third-order valence-corrected chi connectivity index (χ3v) is 3.08. The molecule has 0 aromatic heterocycles. The highest BCUT2D eigenvalue weighted by molar-refractivity contribution is 5.85. The van der Waals surface area contributed by atoms with E-state index in [-0.39, 0.29) is 24.3 Å². The topological polar surface area (TPSA) is 89.7 Å². The minimum absolute atomic E-state index is 0.154. The van der Waals surface area contributed by atoms with Crippen LogP contribution in [0.3, 0.4) is 0 Å². The highest BCUT2D eigenvalue weighted by Crippen LogP contribution is 2.16. The number of nitrogens with two attached hydrogens (primary N) is 1. The SMILES string of the molecule is CC/C=C/C(=O)OCC(=O)N1CCC(C(N)=O)CC1. The molecule has 1 heterocycles. The van der Waals surface area contributed by atoms with Crippen LogP contribution in [0.5, 0.6) is 0 Å². The highest BCUT2D eigenvalue weighted by Gasteiger charge is 2.26. The summed E-state index contributed by atoms with van der Waals surface area (Å²) >= 11 is 0. The third-order valence-electron chi connectivity index (χ3n) is 3.08. The van der Waals surface area contributed by atoms with Gasteiger partial charge in [-0.3, -0.25) is 9.59 Å². The summed E-state index contributed by atoms with van der Waals surface area (Å²) in [5.74, 6) is -1.22. The number of amides is 2. The first-order valence-corrected chi connectivity index (χ1v) is 6.45. The van der Waals surface area contributed by atoms with E-state index in [1.165, 1.54) is 6.08 Å². The Balaban J connectivity index is 2.30. The lowest BCUT2D eigenvalue weighted by Gasteiger charge is -2.30. The lowest BCUT2D eigenvalue weighted by molar-refractivity contribution is -0.149. The number of carbonyl (C=O) groups is 3. The van der Waals surface area contributed by atoms with E-state index in [1.54, 1.807) is 11.0 Å². The van der Waals surface area contributed by atoms with Crippen LogP contribution in [0.4, 0.5) is 0 Å². The van der Waals surface area contributed by atoms with Crippen molar-refractivity contribution in [3.05, 3.63) is 12.2 Å². The van der Waals surface area contributed by atoms with Gasteiger partial charge in [0.15, 0.2) is 6.61 Å². The van der Waals surface area contributed by atoms with E-state index in [2.05, 4.69) is 0 Å². The molecular formula is C13H20N2O4. The summed E-state index contributed by atoms with van der Waals surface area (Å²) in [6, 6.07) is 0. The van der Waals surface area contributed by atoms with Crippen molar-refractivity contribution in [1.82, 2.24) is 4.90 Å². The Kier molecular flexibility index (Phi) is 6.05. The van der Waals surface area contributed by atoms with Gasteiger partial charge in [-0.05, 0) is 19.3 Å². The molecule has 106 valence electrons. The van der Waals surface area contributed by atoms with E-state index in [4.69, 9.17) is 10.5 Å². The van der Waals surface area contributed by atoms with Crippen LogP contribution >= 0.6 is 0 Å². The van der Waals surface area contributed by atoms with Crippen LogP contribution in [-0.2, 0) is 19.1 Å². The smallest absolute Gasteiger partial charge is 0.330 e. The predicted octanol–water partition coefficient (Wildman–Crippen LogP) is 0.220. The number of rotatable bonds is 5. The van der Waals surface area contributed by atoms with Crippen LogP contribution in [-0.4, -0.2) is 42.4 Å². The molecular weight excluding hydrogens is 248 g/mol. The van der Waals surface area contributed by atoms with Crippen molar-refractivity contribution in [3.63, 3.8) is 0 Å². The fourth-order valence-electron chi connectivity index (χ4n) is 1.90. The monoisotopic (exact) mass is 268 g/mol. The van der Waals surface area contributed by atoms with Gasteiger partial charge in [0.2, 0.25) is 5.91 Å². The minimum atomic E-state index is -0.512. The molecule has 0 bridgehead atoms. The number of hydrogen-bond acceptors (Lipinski definition) is 4. The molecule has 1 saturated heterocycles. The minimum Gasteiger partial charge on any atom is -0.452 e.